The summed E-state index contributed by atoms with van der Waals surface area (Å²) in [5, 5.41) is -0.0293. The van der Waals surface area contributed by atoms with Crippen LogP contribution in [0.2, 0.25) is 5.02 Å². The minimum absolute atomic E-state index is 0.0293. The molecule has 4 fully saturated rings. The predicted molar refractivity (Wildman–Crippen MR) is 99.8 cm³/mol. The van der Waals surface area contributed by atoms with Crippen LogP contribution in [0.15, 0.2) is 12.1 Å². The van der Waals surface area contributed by atoms with Gasteiger partial charge in [-0.3, -0.25) is 4.79 Å². The van der Waals surface area contributed by atoms with Crippen molar-refractivity contribution in [1.82, 2.24) is 4.72 Å². The van der Waals surface area contributed by atoms with Crippen molar-refractivity contribution in [1.29, 1.82) is 0 Å². The van der Waals surface area contributed by atoms with Crippen molar-refractivity contribution in [2.45, 2.75) is 38.5 Å². The van der Waals surface area contributed by atoms with Crippen molar-refractivity contribution in [3.8, 4) is 5.75 Å². The number of carbonyl (C=O) groups is 1. The lowest BCUT2D eigenvalue weighted by Crippen LogP contribution is -2.48. The Kier molecular flexibility index (Phi) is 4.66. The van der Waals surface area contributed by atoms with E-state index < -0.39 is 21.7 Å². The van der Waals surface area contributed by atoms with Gasteiger partial charge in [0.1, 0.15) is 0 Å². The summed E-state index contributed by atoms with van der Waals surface area (Å²) in [6.45, 7) is 0.433. The standard InChI is InChI=1S/C19H23ClFNO4S/c1-27(24,25)22-18(23)14-5-15(20)17(16(21)6-14)26-10-19-7-11-2-12(8-19)4-13(3-11)9-19/h5-6,11-13H,2-4,7-10H2,1H3,(H,22,23). The molecule has 5 rings (SSSR count). The summed E-state index contributed by atoms with van der Waals surface area (Å²) in [5.74, 6) is 0.548. The number of hydrogen-bond donors (Lipinski definition) is 1. The van der Waals surface area contributed by atoms with E-state index >= 15 is 0 Å². The molecule has 0 saturated heterocycles. The van der Waals surface area contributed by atoms with E-state index in [1.165, 1.54) is 25.3 Å². The maximum Gasteiger partial charge on any atom is 0.264 e. The maximum atomic E-state index is 14.5. The fraction of sp³-hybridized carbons (Fsp3) is 0.632. The van der Waals surface area contributed by atoms with Gasteiger partial charge in [-0.15, -0.1) is 0 Å². The van der Waals surface area contributed by atoms with Gasteiger partial charge in [0.05, 0.1) is 17.9 Å². The highest BCUT2D eigenvalue weighted by Crippen LogP contribution is 2.60. The minimum Gasteiger partial charge on any atom is -0.488 e. The van der Waals surface area contributed by atoms with Crippen molar-refractivity contribution in [2.24, 2.45) is 23.2 Å². The van der Waals surface area contributed by atoms with E-state index in [9.17, 15) is 17.6 Å². The summed E-state index contributed by atoms with van der Waals surface area (Å²) in [4.78, 5) is 11.9. The molecule has 1 N–H and O–H groups in total. The molecular formula is C19H23ClFNO4S. The molecular weight excluding hydrogens is 393 g/mol. The quantitative estimate of drug-likeness (QED) is 0.794. The smallest absolute Gasteiger partial charge is 0.264 e. The highest BCUT2D eigenvalue weighted by molar-refractivity contribution is 7.89. The largest absolute Gasteiger partial charge is 0.488 e. The van der Waals surface area contributed by atoms with E-state index in [1.54, 1.807) is 4.72 Å². The summed E-state index contributed by atoms with van der Waals surface area (Å²) in [6.07, 6.45) is 8.20. The third-order valence-corrected chi connectivity index (χ3v) is 7.06. The molecule has 27 heavy (non-hydrogen) atoms. The number of nitrogens with one attached hydrogen (secondary N) is 1. The number of amides is 1. The molecule has 148 valence electrons. The van der Waals surface area contributed by atoms with Crippen LogP contribution in [0.1, 0.15) is 48.9 Å². The van der Waals surface area contributed by atoms with Gasteiger partial charge in [-0.25, -0.2) is 17.5 Å². The lowest BCUT2D eigenvalue weighted by atomic mass is 9.50. The SMILES string of the molecule is CS(=O)(=O)NC(=O)c1cc(F)c(OCC23CC4CC(CC(C4)C2)C3)c(Cl)c1. The zero-order chi connectivity index (χ0) is 19.4. The Morgan fingerprint density at radius 1 is 1.22 bits per heavy atom. The molecule has 4 bridgehead atoms. The van der Waals surface area contributed by atoms with Crippen LogP contribution in [-0.2, 0) is 10.0 Å². The Bertz CT molecular complexity index is 827. The predicted octanol–water partition coefficient (Wildman–Crippen LogP) is 3.76. The number of sulfonamides is 1. The van der Waals surface area contributed by atoms with Gasteiger partial charge in [0.25, 0.3) is 5.91 Å². The molecule has 1 aromatic rings. The topological polar surface area (TPSA) is 72.5 Å². The summed E-state index contributed by atoms with van der Waals surface area (Å²) >= 11 is 6.14. The van der Waals surface area contributed by atoms with E-state index in [0.717, 1.165) is 49.3 Å². The van der Waals surface area contributed by atoms with Gasteiger partial charge in [-0.2, -0.15) is 0 Å². The molecule has 1 amide bonds. The minimum atomic E-state index is -3.74. The Labute approximate surface area is 163 Å². The first kappa shape index (κ1) is 19.0. The molecule has 0 heterocycles. The Morgan fingerprint density at radius 3 is 2.26 bits per heavy atom. The number of carbonyl (C=O) groups excluding carboxylic acids is 1. The molecule has 4 aliphatic rings. The fourth-order valence-electron chi connectivity index (χ4n) is 5.75. The number of hydrogen-bond acceptors (Lipinski definition) is 4. The normalized spacial score (nSPS) is 31.7. The molecule has 4 saturated carbocycles. The number of benzene rings is 1. The highest BCUT2D eigenvalue weighted by Gasteiger charge is 2.51. The molecule has 4 aliphatic carbocycles. The molecule has 0 aromatic heterocycles. The van der Waals surface area contributed by atoms with Crippen LogP contribution in [0.3, 0.4) is 0 Å². The van der Waals surface area contributed by atoms with Gasteiger partial charge < -0.3 is 4.74 Å². The second-order valence-corrected chi connectivity index (χ2v) is 10.8. The van der Waals surface area contributed by atoms with Crippen molar-refractivity contribution in [3.63, 3.8) is 0 Å². The molecule has 0 spiro atoms. The first-order chi connectivity index (χ1) is 12.6. The van der Waals surface area contributed by atoms with Crippen LogP contribution < -0.4 is 9.46 Å². The first-order valence-electron chi connectivity index (χ1n) is 9.26. The molecule has 0 unspecified atom stereocenters. The van der Waals surface area contributed by atoms with Gasteiger partial charge in [-0.1, -0.05) is 11.6 Å². The third-order valence-electron chi connectivity index (χ3n) is 6.23. The second kappa shape index (κ2) is 6.62. The van der Waals surface area contributed by atoms with Gasteiger partial charge in [0.15, 0.2) is 11.6 Å². The Morgan fingerprint density at radius 2 is 1.78 bits per heavy atom. The van der Waals surface area contributed by atoms with Crippen LogP contribution in [0, 0.1) is 29.0 Å². The molecule has 0 radical (unpaired) electrons. The van der Waals surface area contributed by atoms with Gasteiger partial charge in [0, 0.05) is 11.0 Å². The fourth-order valence-corrected chi connectivity index (χ4v) is 6.47. The van der Waals surface area contributed by atoms with Crippen LogP contribution in [0.25, 0.3) is 0 Å². The first-order valence-corrected chi connectivity index (χ1v) is 11.5. The molecule has 0 atom stereocenters. The number of halogens is 2. The average molecular weight is 416 g/mol. The van der Waals surface area contributed by atoms with Crippen LogP contribution in [0.5, 0.6) is 5.75 Å². The van der Waals surface area contributed by atoms with Gasteiger partial charge >= 0.3 is 0 Å². The van der Waals surface area contributed by atoms with Gasteiger partial charge in [0.2, 0.25) is 10.0 Å². The van der Waals surface area contributed by atoms with Gasteiger partial charge in [-0.05, 0) is 68.4 Å². The Balaban J connectivity index is 1.49. The highest BCUT2D eigenvalue weighted by atomic mass is 35.5. The maximum absolute atomic E-state index is 14.5. The zero-order valence-electron chi connectivity index (χ0n) is 15.1. The van der Waals surface area contributed by atoms with Crippen LogP contribution in [-0.4, -0.2) is 27.2 Å². The zero-order valence-corrected chi connectivity index (χ0v) is 16.7. The van der Waals surface area contributed by atoms with Crippen LogP contribution >= 0.6 is 11.6 Å². The lowest BCUT2D eigenvalue weighted by molar-refractivity contribution is -0.0749. The van der Waals surface area contributed by atoms with E-state index in [-0.39, 0.29) is 21.8 Å². The molecule has 8 heteroatoms. The van der Waals surface area contributed by atoms with E-state index in [0.29, 0.717) is 6.61 Å². The Hall–Kier alpha value is -1.34. The van der Waals surface area contributed by atoms with E-state index in [2.05, 4.69) is 0 Å². The van der Waals surface area contributed by atoms with Crippen molar-refractivity contribution in [3.05, 3.63) is 28.5 Å². The second-order valence-electron chi connectivity index (χ2n) is 8.68. The van der Waals surface area contributed by atoms with Crippen LogP contribution in [0.4, 0.5) is 4.39 Å². The monoisotopic (exact) mass is 415 g/mol. The average Bonchev–Trinajstić information content (AvgIpc) is 2.50. The number of ether oxygens (including phenoxy) is 1. The molecule has 1 aromatic carbocycles. The number of rotatable bonds is 5. The summed E-state index contributed by atoms with van der Waals surface area (Å²) in [6, 6.07) is 2.20. The lowest BCUT2D eigenvalue weighted by Gasteiger charge is -2.56. The van der Waals surface area contributed by atoms with Crippen molar-refractivity contribution < 1.29 is 22.3 Å². The third kappa shape index (κ3) is 3.94. The van der Waals surface area contributed by atoms with E-state index in [1.807, 2.05) is 0 Å². The van der Waals surface area contributed by atoms with Crippen molar-refractivity contribution >= 4 is 27.5 Å². The molecule has 0 aliphatic heterocycles. The summed E-state index contributed by atoms with van der Waals surface area (Å²) in [5.41, 5.74) is -0.0540. The molecule has 5 nitrogen and oxygen atoms in total. The van der Waals surface area contributed by atoms with E-state index in [4.69, 9.17) is 16.3 Å². The van der Waals surface area contributed by atoms with Crippen molar-refractivity contribution in [2.75, 3.05) is 12.9 Å². The summed E-state index contributed by atoms with van der Waals surface area (Å²) < 4.78 is 44.5. The summed E-state index contributed by atoms with van der Waals surface area (Å²) in [7, 11) is -3.74.